The van der Waals surface area contributed by atoms with Gasteiger partial charge < -0.3 is 11.1 Å². The molecule has 2 aromatic heterocycles. The number of aromatic nitrogens is 3. The molecule has 0 aliphatic heterocycles. The van der Waals surface area contributed by atoms with Gasteiger partial charge in [0.15, 0.2) is 0 Å². The summed E-state index contributed by atoms with van der Waals surface area (Å²) in [7, 11) is 1.89. The number of hydrogen-bond acceptors (Lipinski definition) is 4. The molecule has 0 fully saturated rings. The van der Waals surface area contributed by atoms with Gasteiger partial charge >= 0.3 is 0 Å². The van der Waals surface area contributed by atoms with Crippen LogP contribution in [0, 0.1) is 6.92 Å². The highest BCUT2D eigenvalue weighted by molar-refractivity contribution is 9.10. The Labute approximate surface area is 108 Å². The number of nitrogens with zero attached hydrogens (tertiary/aromatic N) is 3. The fourth-order valence-corrected chi connectivity index (χ4v) is 1.94. The molecule has 0 saturated carbocycles. The lowest BCUT2D eigenvalue weighted by molar-refractivity contribution is 0.767. The molecule has 3 N–H and O–H groups in total. The van der Waals surface area contributed by atoms with E-state index in [-0.39, 0.29) is 0 Å². The highest BCUT2D eigenvalue weighted by Gasteiger charge is 2.07. The molecule has 0 aromatic carbocycles. The highest BCUT2D eigenvalue weighted by Crippen LogP contribution is 2.27. The van der Waals surface area contributed by atoms with Crippen molar-refractivity contribution in [2.45, 2.75) is 13.5 Å². The normalized spacial score (nSPS) is 10.5. The van der Waals surface area contributed by atoms with Crippen LogP contribution in [-0.4, -0.2) is 14.8 Å². The van der Waals surface area contributed by atoms with Crippen molar-refractivity contribution in [2.75, 3.05) is 11.1 Å². The maximum absolute atomic E-state index is 5.77. The molecule has 90 valence electrons. The lowest BCUT2D eigenvalue weighted by Crippen LogP contribution is -2.03. The minimum Gasteiger partial charge on any atom is -0.397 e. The fraction of sp³-hybridized carbons (Fsp3) is 0.273. The number of rotatable bonds is 3. The first-order chi connectivity index (χ1) is 8.08. The van der Waals surface area contributed by atoms with E-state index in [4.69, 9.17) is 5.73 Å². The predicted octanol–water partition coefficient (Wildman–Crippen LogP) is 2.08. The van der Waals surface area contributed by atoms with Crippen molar-refractivity contribution in [2.24, 2.45) is 7.05 Å². The van der Waals surface area contributed by atoms with Crippen molar-refractivity contribution in [3.05, 3.63) is 34.2 Å². The summed E-state index contributed by atoms with van der Waals surface area (Å²) in [4.78, 5) is 4.25. The Balaban J connectivity index is 2.12. The zero-order valence-corrected chi connectivity index (χ0v) is 11.3. The Bertz CT molecular complexity index is 535. The Hall–Kier alpha value is -1.56. The topological polar surface area (TPSA) is 68.8 Å². The molecule has 2 heterocycles. The summed E-state index contributed by atoms with van der Waals surface area (Å²) >= 11 is 3.48. The molecule has 0 bridgehead atoms. The standard InChI is InChI=1S/C11H14BrN5/c1-7-9(13)5-15-11(10(7)12)14-3-8-4-16-17(2)6-8/h4-6H,3,13H2,1-2H3,(H,14,15). The lowest BCUT2D eigenvalue weighted by Gasteiger charge is -2.09. The van der Waals surface area contributed by atoms with E-state index in [1.807, 2.05) is 26.4 Å². The van der Waals surface area contributed by atoms with Crippen molar-refractivity contribution < 1.29 is 0 Å². The summed E-state index contributed by atoms with van der Waals surface area (Å²) in [6.07, 6.45) is 5.45. The average molecular weight is 296 g/mol. The highest BCUT2D eigenvalue weighted by atomic mass is 79.9. The van der Waals surface area contributed by atoms with Crippen LogP contribution >= 0.6 is 15.9 Å². The van der Waals surface area contributed by atoms with Gasteiger partial charge in [0, 0.05) is 25.4 Å². The molecule has 0 unspecified atom stereocenters. The van der Waals surface area contributed by atoms with E-state index in [1.54, 1.807) is 10.9 Å². The zero-order valence-electron chi connectivity index (χ0n) is 9.74. The molecule has 0 amide bonds. The van der Waals surface area contributed by atoms with E-state index in [0.717, 1.165) is 21.4 Å². The second-order valence-electron chi connectivity index (χ2n) is 3.88. The third-order valence-electron chi connectivity index (χ3n) is 2.52. The van der Waals surface area contributed by atoms with Gasteiger partial charge in [0.05, 0.1) is 22.6 Å². The molecule has 0 atom stereocenters. The van der Waals surface area contributed by atoms with E-state index >= 15 is 0 Å². The third kappa shape index (κ3) is 2.58. The zero-order chi connectivity index (χ0) is 12.4. The van der Waals surface area contributed by atoms with E-state index in [2.05, 4.69) is 31.3 Å². The number of nitrogen functional groups attached to an aromatic ring is 1. The summed E-state index contributed by atoms with van der Waals surface area (Å²) in [5.74, 6) is 0.792. The molecule has 0 aliphatic rings. The van der Waals surface area contributed by atoms with Gasteiger partial charge in [-0.05, 0) is 28.4 Å². The average Bonchev–Trinajstić information content (AvgIpc) is 2.71. The molecule has 6 heteroatoms. The van der Waals surface area contributed by atoms with Gasteiger partial charge in [0.1, 0.15) is 5.82 Å². The molecule has 0 saturated heterocycles. The monoisotopic (exact) mass is 295 g/mol. The van der Waals surface area contributed by atoms with Crippen LogP contribution < -0.4 is 11.1 Å². The van der Waals surface area contributed by atoms with Crippen LogP contribution in [0.1, 0.15) is 11.1 Å². The maximum atomic E-state index is 5.77. The molecule has 5 nitrogen and oxygen atoms in total. The van der Waals surface area contributed by atoms with Gasteiger partial charge in [-0.25, -0.2) is 4.98 Å². The van der Waals surface area contributed by atoms with Crippen LogP contribution in [0.25, 0.3) is 0 Å². The van der Waals surface area contributed by atoms with E-state index in [1.165, 1.54) is 0 Å². The number of anilines is 2. The van der Waals surface area contributed by atoms with Crippen molar-refractivity contribution in [3.63, 3.8) is 0 Å². The number of aryl methyl sites for hydroxylation is 1. The molecule has 2 rings (SSSR count). The van der Waals surface area contributed by atoms with E-state index < -0.39 is 0 Å². The van der Waals surface area contributed by atoms with Gasteiger partial charge in [0.25, 0.3) is 0 Å². The van der Waals surface area contributed by atoms with Crippen molar-refractivity contribution >= 4 is 27.4 Å². The quantitative estimate of drug-likeness (QED) is 0.910. The van der Waals surface area contributed by atoms with Crippen LogP contribution in [0.15, 0.2) is 23.1 Å². The molecular weight excluding hydrogens is 282 g/mol. The molecule has 2 aromatic rings. The van der Waals surface area contributed by atoms with Gasteiger partial charge in [-0.15, -0.1) is 0 Å². The Morgan fingerprint density at radius 3 is 2.88 bits per heavy atom. The van der Waals surface area contributed by atoms with Crippen molar-refractivity contribution in [1.82, 2.24) is 14.8 Å². The Morgan fingerprint density at radius 2 is 2.24 bits per heavy atom. The van der Waals surface area contributed by atoms with Crippen molar-refractivity contribution in [3.8, 4) is 0 Å². The van der Waals surface area contributed by atoms with Gasteiger partial charge in [0.2, 0.25) is 0 Å². The van der Waals surface area contributed by atoms with Crippen LogP contribution in [0.5, 0.6) is 0 Å². The van der Waals surface area contributed by atoms with Crippen LogP contribution in [0.3, 0.4) is 0 Å². The third-order valence-corrected chi connectivity index (χ3v) is 3.49. The number of nitrogens with one attached hydrogen (secondary N) is 1. The molecule has 17 heavy (non-hydrogen) atoms. The molecule has 0 radical (unpaired) electrons. The first-order valence-electron chi connectivity index (χ1n) is 5.20. The van der Waals surface area contributed by atoms with Gasteiger partial charge in [-0.1, -0.05) is 0 Å². The smallest absolute Gasteiger partial charge is 0.140 e. The number of hydrogen-bond donors (Lipinski definition) is 2. The SMILES string of the molecule is Cc1c(N)cnc(NCc2cnn(C)c2)c1Br. The summed E-state index contributed by atoms with van der Waals surface area (Å²) in [6.45, 7) is 2.64. The minimum atomic E-state index is 0.683. The number of nitrogens with two attached hydrogens (primary N) is 1. The predicted molar refractivity (Wildman–Crippen MR) is 71.6 cm³/mol. The van der Waals surface area contributed by atoms with Crippen molar-refractivity contribution in [1.29, 1.82) is 0 Å². The maximum Gasteiger partial charge on any atom is 0.140 e. The van der Waals surface area contributed by atoms with Crippen LogP contribution in [-0.2, 0) is 13.6 Å². The molecule has 0 aliphatic carbocycles. The number of halogens is 1. The minimum absolute atomic E-state index is 0.683. The first-order valence-corrected chi connectivity index (χ1v) is 5.99. The summed E-state index contributed by atoms with van der Waals surface area (Å²) in [5, 5.41) is 7.35. The molecular formula is C11H14BrN5. The van der Waals surface area contributed by atoms with Gasteiger partial charge in [-0.3, -0.25) is 4.68 Å². The fourth-order valence-electron chi connectivity index (χ4n) is 1.46. The van der Waals surface area contributed by atoms with E-state index in [0.29, 0.717) is 12.2 Å². The van der Waals surface area contributed by atoms with Crippen LogP contribution in [0.4, 0.5) is 11.5 Å². The summed E-state index contributed by atoms with van der Waals surface area (Å²) < 4.78 is 2.68. The van der Waals surface area contributed by atoms with Crippen LogP contribution in [0.2, 0.25) is 0 Å². The lowest BCUT2D eigenvalue weighted by atomic mass is 10.2. The Morgan fingerprint density at radius 1 is 1.47 bits per heavy atom. The largest absolute Gasteiger partial charge is 0.397 e. The summed E-state index contributed by atoms with van der Waals surface area (Å²) in [6, 6.07) is 0. The first kappa shape index (κ1) is 11.9. The number of pyridine rings is 1. The molecule has 0 spiro atoms. The van der Waals surface area contributed by atoms with E-state index in [9.17, 15) is 0 Å². The summed E-state index contributed by atoms with van der Waals surface area (Å²) in [5.41, 5.74) is 8.55. The second kappa shape index (κ2) is 4.75. The Kier molecular flexibility index (Phi) is 3.33. The van der Waals surface area contributed by atoms with Gasteiger partial charge in [-0.2, -0.15) is 5.10 Å². The second-order valence-corrected chi connectivity index (χ2v) is 4.67.